The summed E-state index contributed by atoms with van der Waals surface area (Å²) in [6.07, 6.45) is -0.414. The number of rotatable bonds is 5. The lowest BCUT2D eigenvalue weighted by Gasteiger charge is -2.49. The first-order chi connectivity index (χ1) is 9.19. The molecule has 0 aromatic rings. The summed E-state index contributed by atoms with van der Waals surface area (Å²) in [7, 11) is 0. The Labute approximate surface area is 118 Å². The molecule has 5 nitrogen and oxygen atoms in total. The van der Waals surface area contributed by atoms with Gasteiger partial charge in [0, 0.05) is 17.4 Å². The predicted molar refractivity (Wildman–Crippen MR) is 74.9 cm³/mol. The van der Waals surface area contributed by atoms with E-state index in [0.29, 0.717) is 5.57 Å². The van der Waals surface area contributed by atoms with Crippen molar-refractivity contribution in [3.8, 4) is 0 Å². The largest absolute Gasteiger partial charge is 0.478 e. The molecule has 1 rings (SSSR count). The van der Waals surface area contributed by atoms with Crippen LogP contribution in [0.2, 0.25) is 0 Å². The van der Waals surface area contributed by atoms with E-state index in [0.717, 1.165) is 0 Å². The SMILES string of the molecule is C=C[C@]1(C)C[C@@H](O)[C@H](C(=C)C(=O)O)[C@H](O)[C@@H]1C(=C)CO. The standard InChI is InChI=1S/C15H22O5/c1-5-15(4)6-10(17)11(9(3)14(19)20)13(18)12(15)8(2)7-16/h5,10-13,16-18H,1-3,6-7H2,4H3,(H,19,20)/t10-,11+,12+,13+,15-/m1/s1. The minimum Gasteiger partial charge on any atom is -0.478 e. The lowest BCUT2D eigenvalue weighted by molar-refractivity contribution is -0.137. The van der Waals surface area contributed by atoms with Crippen LogP contribution in [0.4, 0.5) is 0 Å². The zero-order valence-electron chi connectivity index (χ0n) is 11.6. The number of hydrogen-bond acceptors (Lipinski definition) is 4. The molecule has 0 spiro atoms. The van der Waals surface area contributed by atoms with Crippen LogP contribution in [0, 0.1) is 17.3 Å². The zero-order chi connectivity index (χ0) is 15.7. The molecule has 112 valence electrons. The summed E-state index contributed by atoms with van der Waals surface area (Å²) < 4.78 is 0. The molecule has 1 aliphatic carbocycles. The van der Waals surface area contributed by atoms with Crippen LogP contribution in [-0.2, 0) is 4.79 Å². The first kappa shape index (κ1) is 16.6. The molecule has 0 aliphatic heterocycles. The third kappa shape index (κ3) is 2.70. The minimum atomic E-state index is -1.26. The van der Waals surface area contributed by atoms with Gasteiger partial charge in [0.2, 0.25) is 0 Å². The maximum atomic E-state index is 11.1. The van der Waals surface area contributed by atoms with Gasteiger partial charge in [0.05, 0.1) is 18.8 Å². The summed E-state index contributed by atoms with van der Waals surface area (Å²) in [4.78, 5) is 11.1. The van der Waals surface area contributed by atoms with Crippen LogP contribution in [0.5, 0.6) is 0 Å². The smallest absolute Gasteiger partial charge is 0.331 e. The molecule has 1 aliphatic rings. The molecule has 4 N–H and O–H groups in total. The molecule has 0 radical (unpaired) electrons. The molecule has 0 aromatic carbocycles. The van der Waals surface area contributed by atoms with Crippen LogP contribution >= 0.6 is 0 Å². The molecule has 5 atom stereocenters. The number of aliphatic hydroxyl groups excluding tert-OH is 3. The van der Waals surface area contributed by atoms with Crippen molar-refractivity contribution in [2.75, 3.05) is 6.61 Å². The van der Waals surface area contributed by atoms with Gasteiger partial charge in [-0.2, -0.15) is 0 Å². The van der Waals surface area contributed by atoms with Gasteiger partial charge in [0.15, 0.2) is 0 Å². The highest BCUT2D eigenvalue weighted by molar-refractivity contribution is 5.86. The normalized spacial score (nSPS) is 37.2. The molecule has 0 bridgehead atoms. The van der Waals surface area contributed by atoms with E-state index in [1.807, 2.05) is 0 Å². The van der Waals surface area contributed by atoms with Gasteiger partial charge in [-0.05, 0) is 17.4 Å². The Hall–Kier alpha value is -1.43. The number of aliphatic hydroxyl groups is 3. The van der Waals surface area contributed by atoms with Crippen LogP contribution in [0.25, 0.3) is 0 Å². The van der Waals surface area contributed by atoms with E-state index in [2.05, 4.69) is 19.7 Å². The van der Waals surface area contributed by atoms with Gasteiger partial charge >= 0.3 is 5.97 Å². The van der Waals surface area contributed by atoms with Gasteiger partial charge in [-0.1, -0.05) is 26.2 Å². The fraction of sp³-hybridized carbons (Fsp3) is 0.533. The van der Waals surface area contributed by atoms with Crippen LogP contribution in [-0.4, -0.2) is 45.2 Å². The fourth-order valence-corrected chi connectivity index (χ4v) is 3.13. The van der Waals surface area contributed by atoms with Gasteiger partial charge in [-0.3, -0.25) is 0 Å². The van der Waals surface area contributed by atoms with Gasteiger partial charge in [-0.25, -0.2) is 4.79 Å². The van der Waals surface area contributed by atoms with Crippen molar-refractivity contribution in [1.29, 1.82) is 0 Å². The Morgan fingerprint density at radius 2 is 1.95 bits per heavy atom. The number of aliphatic carboxylic acids is 1. The minimum absolute atomic E-state index is 0.216. The number of carbonyl (C=O) groups is 1. The molecule has 0 unspecified atom stereocenters. The maximum absolute atomic E-state index is 11.1. The van der Waals surface area contributed by atoms with Gasteiger partial charge in [0.1, 0.15) is 0 Å². The number of carboxylic acid groups (broad SMARTS) is 1. The second-order valence-corrected chi connectivity index (χ2v) is 5.62. The van der Waals surface area contributed by atoms with Crippen molar-refractivity contribution in [3.63, 3.8) is 0 Å². The van der Waals surface area contributed by atoms with Crippen molar-refractivity contribution in [2.24, 2.45) is 17.3 Å². The van der Waals surface area contributed by atoms with Crippen LogP contribution in [0.3, 0.4) is 0 Å². The summed E-state index contributed by atoms with van der Waals surface area (Å²) in [6.45, 7) is 12.3. The number of carboxylic acids is 1. The summed E-state index contributed by atoms with van der Waals surface area (Å²) in [6, 6.07) is 0. The molecule has 1 saturated carbocycles. The molecule has 20 heavy (non-hydrogen) atoms. The highest BCUT2D eigenvalue weighted by atomic mass is 16.4. The zero-order valence-corrected chi connectivity index (χ0v) is 11.6. The molecule has 0 amide bonds. The van der Waals surface area contributed by atoms with Gasteiger partial charge < -0.3 is 20.4 Å². The van der Waals surface area contributed by atoms with E-state index in [9.17, 15) is 20.1 Å². The lowest BCUT2D eigenvalue weighted by atomic mass is 9.58. The second kappa shape index (κ2) is 5.91. The molecular formula is C15H22O5. The summed E-state index contributed by atoms with van der Waals surface area (Å²) in [5, 5.41) is 39.0. The third-order valence-corrected chi connectivity index (χ3v) is 4.27. The Kier molecular flexibility index (Phi) is 4.91. The number of hydrogen-bond donors (Lipinski definition) is 4. The number of allylic oxidation sites excluding steroid dienone is 1. The first-order valence-corrected chi connectivity index (χ1v) is 6.40. The Balaban J connectivity index is 3.24. The van der Waals surface area contributed by atoms with E-state index in [-0.39, 0.29) is 18.6 Å². The first-order valence-electron chi connectivity index (χ1n) is 6.40. The van der Waals surface area contributed by atoms with Crippen LogP contribution < -0.4 is 0 Å². The monoisotopic (exact) mass is 282 g/mol. The Morgan fingerprint density at radius 3 is 2.35 bits per heavy atom. The highest BCUT2D eigenvalue weighted by Crippen LogP contribution is 2.49. The molecule has 0 heterocycles. The Morgan fingerprint density at radius 1 is 1.40 bits per heavy atom. The second-order valence-electron chi connectivity index (χ2n) is 5.62. The molecular weight excluding hydrogens is 260 g/mol. The molecule has 5 heteroatoms. The third-order valence-electron chi connectivity index (χ3n) is 4.27. The average molecular weight is 282 g/mol. The maximum Gasteiger partial charge on any atom is 0.331 e. The van der Waals surface area contributed by atoms with Crippen molar-refractivity contribution in [2.45, 2.75) is 25.6 Å². The lowest BCUT2D eigenvalue weighted by Crippen LogP contribution is -2.53. The van der Waals surface area contributed by atoms with Crippen LogP contribution in [0.1, 0.15) is 13.3 Å². The molecule has 0 aromatic heterocycles. The summed E-state index contributed by atoms with van der Waals surface area (Å²) in [5.41, 5.74) is -0.532. The van der Waals surface area contributed by atoms with Crippen molar-refractivity contribution in [1.82, 2.24) is 0 Å². The summed E-state index contributed by atoms with van der Waals surface area (Å²) >= 11 is 0. The predicted octanol–water partition coefficient (Wildman–Crippen LogP) is 0.726. The molecule has 1 fully saturated rings. The van der Waals surface area contributed by atoms with E-state index < -0.39 is 35.4 Å². The van der Waals surface area contributed by atoms with E-state index in [4.69, 9.17) is 5.11 Å². The topological polar surface area (TPSA) is 98.0 Å². The van der Waals surface area contributed by atoms with Gasteiger partial charge in [-0.15, -0.1) is 6.58 Å². The highest BCUT2D eigenvalue weighted by Gasteiger charge is 2.51. The quantitative estimate of drug-likeness (QED) is 0.440. The van der Waals surface area contributed by atoms with E-state index in [1.165, 1.54) is 0 Å². The molecule has 0 saturated heterocycles. The van der Waals surface area contributed by atoms with Crippen LogP contribution in [0.15, 0.2) is 37.0 Å². The summed E-state index contributed by atoms with van der Waals surface area (Å²) in [5.74, 6) is -2.84. The van der Waals surface area contributed by atoms with Crippen molar-refractivity contribution >= 4 is 5.97 Å². The van der Waals surface area contributed by atoms with E-state index in [1.54, 1.807) is 13.0 Å². The van der Waals surface area contributed by atoms with Crippen molar-refractivity contribution in [3.05, 3.63) is 37.0 Å². The van der Waals surface area contributed by atoms with Gasteiger partial charge in [0.25, 0.3) is 0 Å². The fourth-order valence-electron chi connectivity index (χ4n) is 3.13. The average Bonchev–Trinajstić information content (AvgIpc) is 2.37. The van der Waals surface area contributed by atoms with Crippen molar-refractivity contribution < 1.29 is 25.2 Å². The Bertz CT molecular complexity index is 442. The van der Waals surface area contributed by atoms with E-state index >= 15 is 0 Å².